The van der Waals surface area contributed by atoms with Crippen LogP contribution in [0.25, 0.3) is 0 Å². The number of rotatable bonds is 22. The second-order valence-corrected chi connectivity index (χ2v) is 22.2. The van der Waals surface area contributed by atoms with Crippen molar-refractivity contribution in [3.63, 3.8) is 0 Å². The third-order valence-electron chi connectivity index (χ3n) is 8.73. The van der Waals surface area contributed by atoms with Crippen molar-refractivity contribution in [2.24, 2.45) is 11.8 Å². The van der Waals surface area contributed by atoms with Gasteiger partial charge in [-0.15, -0.1) is 0 Å². The van der Waals surface area contributed by atoms with Crippen LogP contribution in [-0.4, -0.2) is 119 Å². The molecule has 66 heavy (non-hydrogen) atoms. The Hall–Kier alpha value is -4.54. The van der Waals surface area contributed by atoms with Crippen LogP contribution in [0, 0.1) is 11.8 Å². The first-order valence-electron chi connectivity index (χ1n) is 22.3. The van der Waals surface area contributed by atoms with Crippen LogP contribution in [0.3, 0.4) is 0 Å². The van der Waals surface area contributed by atoms with E-state index in [4.69, 9.17) is 33.2 Å². The molecule has 0 saturated carbocycles. The summed E-state index contributed by atoms with van der Waals surface area (Å²) >= 11 is 3.45. The van der Waals surface area contributed by atoms with Crippen LogP contribution in [0.2, 0.25) is 0 Å². The average molecular weight is 992 g/mol. The van der Waals surface area contributed by atoms with Gasteiger partial charge in [0, 0.05) is 42.9 Å². The van der Waals surface area contributed by atoms with Crippen molar-refractivity contribution in [3.8, 4) is 5.75 Å². The normalized spacial score (nSPS) is 13.0. The predicted molar refractivity (Wildman–Crippen MR) is 254 cm³/mol. The third-order valence-corrected chi connectivity index (χ3v) is 9.23. The van der Waals surface area contributed by atoms with Crippen LogP contribution in [0.15, 0.2) is 53.0 Å². The summed E-state index contributed by atoms with van der Waals surface area (Å²) in [6.45, 7) is 25.3. The fourth-order valence-corrected chi connectivity index (χ4v) is 6.82. The minimum atomic E-state index is -0.847. The number of hydrogen-bond acceptors (Lipinski definition) is 15. The highest BCUT2D eigenvalue weighted by Crippen LogP contribution is 2.30. The van der Waals surface area contributed by atoms with E-state index in [0.717, 1.165) is 5.56 Å². The Morgan fingerprint density at radius 3 is 1.38 bits per heavy atom. The molecule has 0 saturated heterocycles. The lowest BCUT2D eigenvalue weighted by Crippen LogP contribution is -2.47. The minimum Gasteiger partial charge on any atom is -0.492 e. The molecular formula is C50H75BrN2O13. The molecule has 0 heterocycles. The van der Waals surface area contributed by atoms with Crippen molar-refractivity contribution in [1.82, 2.24) is 9.80 Å². The van der Waals surface area contributed by atoms with E-state index < -0.39 is 75.7 Å². The van der Waals surface area contributed by atoms with Gasteiger partial charge in [-0.25, -0.2) is 4.79 Å². The zero-order chi connectivity index (χ0) is 50.3. The van der Waals surface area contributed by atoms with Crippen LogP contribution in [0.4, 0.5) is 0 Å². The van der Waals surface area contributed by atoms with Crippen molar-refractivity contribution < 1.29 is 61.9 Å². The zero-order valence-corrected chi connectivity index (χ0v) is 43.5. The molecule has 2 rings (SSSR count). The quantitative estimate of drug-likeness (QED) is 0.0811. The first-order chi connectivity index (χ1) is 30.1. The Balaban J connectivity index is 2.71. The summed E-state index contributed by atoms with van der Waals surface area (Å²) in [5.74, 6) is -4.85. The summed E-state index contributed by atoms with van der Waals surface area (Å²) in [6.07, 6.45) is -0.471. The fraction of sp³-hybridized carbons (Fsp3) is 0.640. The Kier molecular flexibility index (Phi) is 21.8. The van der Waals surface area contributed by atoms with Gasteiger partial charge in [-0.3, -0.25) is 33.8 Å². The molecule has 0 unspecified atom stereocenters. The van der Waals surface area contributed by atoms with Gasteiger partial charge in [0.05, 0.1) is 26.2 Å². The van der Waals surface area contributed by atoms with Crippen molar-refractivity contribution in [1.29, 1.82) is 0 Å². The summed E-state index contributed by atoms with van der Waals surface area (Å²) < 4.78 is 41.2. The fourth-order valence-electron chi connectivity index (χ4n) is 6.46. The summed E-state index contributed by atoms with van der Waals surface area (Å²) in [5, 5.41) is 0. The van der Waals surface area contributed by atoms with E-state index >= 15 is 0 Å². The van der Waals surface area contributed by atoms with E-state index in [1.54, 1.807) is 132 Å². The van der Waals surface area contributed by atoms with Gasteiger partial charge in [0.25, 0.3) is 0 Å². The predicted octanol–water partition coefficient (Wildman–Crippen LogP) is 8.51. The summed E-state index contributed by atoms with van der Waals surface area (Å²) in [6, 6.07) is 14.1. The van der Waals surface area contributed by atoms with E-state index in [0.29, 0.717) is 4.47 Å². The highest BCUT2D eigenvalue weighted by atomic mass is 79.9. The second kappa shape index (κ2) is 25.0. The molecule has 0 N–H and O–H groups in total. The van der Waals surface area contributed by atoms with Crippen LogP contribution in [-0.2, 0) is 59.0 Å². The minimum absolute atomic E-state index is 0.0145. The molecule has 0 spiro atoms. The molecule has 1 atom stereocenters. The zero-order valence-electron chi connectivity index (χ0n) is 41.9. The van der Waals surface area contributed by atoms with Crippen LogP contribution in [0.5, 0.6) is 5.75 Å². The largest absolute Gasteiger partial charge is 0.492 e. The van der Waals surface area contributed by atoms with Crippen LogP contribution >= 0.6 is 15.9 Å². The molecule has 2 aromatic carbocycles. The lowest BCUT2D eigenvalue weighted by Gasteiger charge is -2.34. The van der Waals surface area contributed by atoms with E-state index in [2.05, 4.69) is 15.9 Å². The van der Waals surface area contributed by atoms with Crippen molar-refractivity contribution in [2.45, 2.75) is 151 Å². The molecule has 0 aliphatic rings. The SMILES string of the molecule is CC(C)(C)OC(=O)CC(CC(=O)OC(C)(C)C)[C@@H](COc1ccc(Br)cc1C(=O)OCc1ccccc1)CN(CCN(CC(=O)OC(C)(C)C)CC(=O)OC(C)(C)C)CC(=O)OC(C)(C)C. The maximum atomic E-state index is 13.7. The van der Waals surface area contributed by atoms with Gasteiger partial charge < -0.3 is 33.2 Å². The number of esters is 6. The van der Waals surface area contributed by atoms with E-state index in [-0.39, 0.29) is 76.6 Å². The summed E-state index contributed by atoms with van der Waals surface area (Å²) in [5.41, 5.74) is -3.21. The molecule has 0 fully saturated rings. The van der Waals surface area contributed by atoms with Gasteiger partial charge in [-0.05, 0) is 134 Å². The van der Waals surface area contributed by atoms with Crippen LogP contribution in [0.1, 0.15) is 133 Å². The Morgan fingerprint density at radius 2 is 0.939 bits per heavy atom. The van der Waals surface area contributed by atoms with Crippen molar-refractivity contribution in [2.75, 3.05) is 45.9 Å². The maximum Gasteiger partial charge on any atom is 0.342 e. The molecular weight excluding hydrogens is 916 g/mol. The summed E-state index contributed by atoms with van der Waals surface area (Å²) in [7, 11) is 0. The van der Waals surface area contributed by atoms with Gasteiger partial charge in [-0.1, -0.05) is 46.3 Å². The first-order valence-corrected chi connectivity index (χ1v) is 23.1. The second-order valence-electron chi connectivity index (χ2n) is 21.3. The highest BCUT2D eigenvalue weighted by Gasteiger charge is 2.34. The van der Waals surface area contributed by atoms with Gasteiger partial charge in [0.15, 0.2) is 0 Å². The van der Waals surface area contributed by atoms with Crippen molar-refractivity contribution >= 4 is 51.7 Å². The van der Waals surface area contributed by atoms with Crippen LogP contribution < -0.4 is 4.74 Å². The Bertz CT molecular complexity index is 1860. The Morgan fingerprint density at radius 1 is 0.530 bits per heavy atom. The molecule has 0 aliphatic heterocycles. The molecule has 15 nitrogen and oxygen atoms in total. The monoisotopic (exact) mass is 990 g/mol. The number of carbonyl (C=O) groups excluding carboxylic acids is 6. The molecule has 16 heteroatoms. The number of ether oxygens (including phenoxy) is 7. The standard InChI is InChI=1S/C50H75BrN2O13/c1-46(2,3)62-40(54)25-35(26-41(55)63-47(4,5)6)36(33-60-39-22-21-37(51)27-38(39)45(59)61-32-34-19-17-16-18-20-34)28-52(29-42(56)64-48(7,8)9)23-24-53(30-43(57)65-49(10,11)12)31-44(58)66-50(13,14)15/h16-22,27,35-36H,23-26,28-33H2,1-15H3/t36-/m1/s1. The lowest BCUT2D eigenvalue weighted by atomic mass is 9.86. The van der Waals surface area contributed by atoms with Gasteiger partial charge in [0.1, 0.15) is 45.9 Å². The molecule has 0 radical (unpaired) electrons. The highest BCUT2D eigenvalue weighted by molar-refractivity contribution is 9.10. The van der Waals surface area contributed by atoms with Gasteiger partial charge in [-0.2, -0.15) is 0 Å². The molecule has 2 aromatic rings. The van der Waals surface area contributed by atoms with E-state index in [9.17, 15) is 28.8 Å². The maximum absolute atomic E-state index is 13.7. The third kappa shape index (κ3) is 26.0. The molecule has 0 amide bonds. The van der Waals surface area contributed by atoms with Gasteiger partial charge in [0.2, 0.25) is 0 Å². The topological polar surface area (TPSA) is 174 Å². The first kappa shape index (κ1) is 57.6. The van der Waals surface area contributed by atoms with E-state index in [1.165, 1.54) is 0 Å². The molecule has 0 aromatic heterocycles. The number of halogens is 1. The molecule has 370 valence electrons. The average Bonchev–Trinajstić information content (AvgIpc) is 3.11. The number of hydrogen-bond donors (Lipinski definition) is 0. The number of nitrogens with zero attached hydrogens (tertiary/aromatic N) is 2. The molecule has 0 bridgehead atoms. The van der Waals surface area contributed by atoms with E-state index in [1.807, 2.05) is 30.3 Å². The smallest absolute Gasteiger partial charge is 0.342 e. The van der Waals surface area contributed by atoms with Crippen molar-refractivity contribution in [3.05, 3.63) is 64.1 Å². The Labute approximate surface area is 401 Å². The lowest BCUT2D eigenvalue weighted by molar-refractivity contribution is -0.162. The number of carbonyl (C=O) groups is 6. The molecule has 0 aliphatic carbocycles. The summed E-state index contributed by atoms with van der Waals surface area (Å²) in [4.78, 5) is 84.2. The van der Waals surface area contributed by atoms with Gasteiger partial charge >= 0.3 is 35.8 Å². The number of benzene rings is 2.